The van der Waals surface area contributed by atoms with Crippen molar-refractivity contribution in [3.8, 4) is 0 Å². The van der Waals surface area contributed by atoms with Gasteiger partial charge in [-0.2, -0.15) is 0 Å². The summed E-state index contributed by atoms with van der Waals surface area (Å²) in [7, 11) is 1.83. The molecule has 0 unspecified atom stereocenters. The lowest BCUT2D eigenvalue weighted by atomic mass is 10.2. The maximum Gasteiger partial charge on any atom is 0.119 e. The van der Waals surface area contributed by atoms with Crippen LogP contribution in [-0.2, 0) is 0 Å². The largest absolute Gasteiger partial charge is 0.508 e. The molecule has 0 aromatic carbocycles. The first-order valence-corrected chi connectivity index (χ1v) is 3.58. The molecule has 0 saturated heterocycles. The smallest absolute Gasteiger partial charge is 0.119 e. The molecule has 0 saturated carbocycles. The van der Waals surface area contributed by atoms with Crippen LogP contribution in [0.3, 0.4) is 0 Å². The fraction of sp³-hybridized carbons (Fsp3) is 0.333. The van der Waals surface area contributed by atoms with Gasteiger partial charge < -0.3 is 10.4 Å². The van der Waals surface area contributed by atoms with Crippen molar-refractivity contribution >= 4 is 0 Å². The van der Waals surface area contributed by atoms with Crippen molar-refractivity contribution in [2.24, 2.45) is 0 Å². The minimum absolute atomic E-state index is 0.234. The van der Waals surface area contributed by atoms with Crippen molar-refractivity contribution < 1.29 is 5.11 Å². The first-order chi connectivity index (χ1) is 5.26. The van der Waals surface area contributed by atoms with E-state index in [9.17, 15) is 5.11 Å². The van der Waals surface area contributed by atoms with Gasteiger partial charge in [-0.3, -0.25) is 0 Å². The fourth-order valence-electron chi connectivity index (χ4n) is 0.758. The van der Waals surface area contributed by atoms with Crippen LogP contribution >= 0.6 is 0 Å². The van der Waals surface area contributed by atoms with E-state index < -0.39 is 0 Å². The van der Waals surface area contributed by atoms with E-state index in [4.69, 9.17) is 0 Å². The van der Waals surface area contributed by atoms with Crippen LogP contribution in [0.4, 0.5) is 0 Å². The number of likely N-dealkylation sites (N-methyl/N-ethyl adjacent to an activating group) is 1. The summed E-state index contributed by atoms with van der Waals surface area (Å²) < 4.78 is 0. The molecule has 0 spiro atoms. The van der Waals surface area contributed by atoms with Crippen molar-refractivity contribution in [1.82, 2.24) is 5.32 Å². The molecule has 0 bridgehead atoms. The highest BCUT2D eigenvalue weighted by molar-refractivity contribution is 5.28. The topological polar surface area (TPSA) is 32.3 Å². The Bertz CT molecular complexity index is 180. The molecule has 0 rings (SSSR count). The van der Waals surface area contributed by atoms with Crippen LogP contribution in [0.1, 0.15) is 6.92 Å². The average molecular weight is 153 g/mol. The summed E-state index contributed by atoms with van der Waals surface area (Å²) in [5, 5.41) is 12.2. The molecule has 0 aromatic heterocycles. The average Bonchev–Trinajstić information content (AvgIpc) is 2.03. The van der Waals surface area contributed by atoms with Gasteiger partial charge >= 0.3 is 0 Å². The molecule has 62 valence electrons. The van der Waals surface area contributed by atoms with Gasteiger partial charge in [-0.1, -0.05) is 18.7 Å². The molecule has 0 atom stereocenters. The van der Waals surface area contributed by atoms with E-state index in [0.717, 1.165) is 5.57 Å². The highest BCUT2D eigenvalue weighted by Crippen LogP contribution is 2.02. The number of aliphatic hydroxyl groups is 1. The predicted octanol–water partition coefficient (Wildman–Crippen LogP) is 1.78. The number of hydrogen-bond donors (Lipinski definition) is 2. The second-order valence-electron chi connectivity index (χ2n) is 2.14. The lowest BCUT2D eigenvalue weighted by Gasteiger charge is -2.01. The monoisotopic (exact) mass is 153 g/mol. The van der Waals surface area contributed by atoms with Crippen LogP contribution in [0, 0.1) is 0 Å². The molecule has 0 aliphatic carbocycles. The van der Waals surface area contributed by atoms with Gasteiger partial charge in [0.15, 0.2) is 0 Å². The zero-order valence-corrected chi connectivity index (χ0v) is 7.09. The summed E-state index contributed by atoms with van der Waals surface area (Å²) in [5.41, 5.74) is 0.852. The molecule has 2 nitrogen and oxygen atoms in total. The highest BCUT2D eigenvalue weighted by Gasteiger charge is 1.95. The third-order valence-electron chi connectivity index (χ3n) is 1.26. The molecule has 0 amide bonds. The quantitative estimate of drug-likeness (QED) is 0.476. The third-order valence-corrected chi connectivity index (χ3v) is 1.26. The summed E-state index contributed by atoms with van der Waals surface area (Å²) >= 11 is 0. The number of aliphatic hydroxyl groups excluding tert-OH is 1. The van der Waals surface area contributed by atoms with E-state index in [1.54, 1.807) is 0 Å². The second kappa shape index (κ2) is 5.74. The Kier molecular flexibility index (Phi) is 5.21. The van der Waals surface area contributed by atoms with E-state index in [2.05, 4.69) is 11.9 Å². The van der Waals surface area contributed by atoms with Crippen LogP contribution in [0.2, 0.25) is 0 Å². The van der Waals surface area contributed by atoms with Gasteiger partial charge in [0.1, 0.15) is 5.76 Å². The Labute approximate surface area is 67.9 Å². The molecule has 2 N–H and O–H groups in total. The predicted molar refractivity (Wildman–Crippen MR) is 48.6 cm³/mol. The van der Waals surface area contributed by atoms with E-state index in [-0.39, 0.29) is 5.76 Å². The molecule has 0 fully saturated rings. The standard InChI is InChI=1S/C9H15NO/c1-4-6-8(7-10-3)9(11)5-2/h4-6,10-11H,2,7H2,1,3H3/b6-4-,9-8-. The van der Waals surface area contributed by atoms with Gasteiger partial charge in [0.2, 0.25) is 0 Å². The van der Waals surface area contributed by atoms with Crippen LogP contribution in [0.15, 0.2) is 36.1 Å². The van der Waals surface area contributed by atoms with Crippen molar-refractivity contribution in [1.29, 1.82) is 0 Å². The summed E-state index contributed by atoms with van der Waals surface area (Å²) in [6.45, 7) is 6.04. The zero-order chi connectivity index (χ0) is 8.69. The van der Waals surface area contributed by atoms with Crippen molar-refractivity contribution in [2.45, 2.75) is 6.92 Å². The maximum absolute atomic E-state index is 9.25. The third kappa shape index (κ3) is 3.63. The zero-order valence-electron chi connectivity index (χ0n) is 7.09. The van der Waals surface area contributed by atoms with Crippen LogP contribution in [0.25, 0.3) is 0 Å². The van der Waals surface area contributed by atoms with E-state index in [1.165, 1.54) is 6.08 Å². The van der Waals surface area contributed by atoms with Gasteiger partial charge in [0.25, 0.3) is 0 Å². The molecule has 0 heterocycles. The van der Waals surface area contributed by atoms with Gasteiger partial charge in [-0.25, -0.2) is 0 Å². The molecule has 11 heavy (non-hydrogen) atoms. The van der Waals surface area contributed by atoms with Crippen LogP contribution < -0.4 is 5.32 Å². The molecular formula is C9H15NO. The van der Waals surface area contributed by atoms with Crippen LogP contribution in [-0.4, -0.2) is 18.7 Å². The van der Waals surface area contributed by atoms with Gasteiger partial charge in [0.05, 0.1) is 0 Å². The SMILES string of the molecule is C=C/C(O)=C(\C=C/C)CNC. The molecule has 2 heteroatoms. The van der Waals surface area contributed by atoms with Gasteiger partial charge in [-0.05, 0) is 20.0 Å². The Balaban J connectivity index is 4.42. The molecular weight excluding hydrogens is 138 g/mol. The van der Waals surface area contributed by atoms with E-state index in [0.29, 0.717) is 6.54 Å². The lowest BCUT2D eigenvalue weighted by Crippen LogP contribution is -2.10. The fourth-order valence-corrected chi connectivity index (χ4v) is 0.758. The number of nitrogens with one attached hydrogen (secondary N) is 1. The van der Waals surface area contributed by atoms with Crippen molar-refractivity contribution in [2.75, 3.05) is 13.6 Å². The number of rotatable bonds is 4. The first-order valence-electron chi connectivity index (χ1n) is 3.58. The maximum atomic E-state index is 9.25. The van der Waals surface area contributed by atoms with Crippen molar-refractivity contribution in [3.05, 3.63) is 36.1 Å². The lowest BCUT2D eigenvalue weighted by molar-refractivity contribution is 0.426. The molecule has 0 aliphatic heterocycles. The summed E-state index contributed by atoms with van der Waals surface area (Å²) in [4.78, 5) is 0. The minimum Gasteiger partial charge on any atom is -0.508 e. The number of allylic oxidation sites excluding steroid dienone is 2. The van der Waals surface area contributed by atoms with Crippen LogP contribution in [0.5, 0.6) is 0 Å². The highest BCUT2D eigenvalue weighted by atomic mass is 16.3. The minimum atomic E-state index is 0.234. The normalized spacial score (nSPS) is 13.3. The molecule has 0 aliphatic rings. The van der Waals surface area contributed by atoms with Crippen molar-refractivity contribution in [3.63, 3.8) is 0 Å². The molecule has 0 radical (unpaired) electrons. The van der Waals surface area contributed by atoms with E-state index >= 15 is 0 Å². The first kappa shape index (κ1) is 9.98. The van der Waals surface area contributed by atoms with E-state index in [1.807, 2.05) is 26.1 Å². The molecule has 0 aromatic rings. The van der Waals surface area contributed by atoms with Gasteiger partial charge in [-0.15, -0.1) is 0 Å². The number of hydrogen-bond acceptors (Lipinski definition) is 2. The summed E-state index contributed by atoms with van der Waals surface area (Å²) in [6.07, 6.45) is 5.17. The second-order valence-corrected chi connectivity index (χ2v) is 2.14. The Morgan fingerprint density at radius 2 is 2.27 bits per heavy atom. The summed E-state index contributed by atoms with van der Waals surface area (Å²) in [5.74, 6) is 0.234. The Morgan fingerprint density at radius 1 is 1.64 bits per heavy atom. The Hall–Kier alpha value is -1.02. The summed E-state index contributed by atoms with van der Waals surface area (Å²) in [6, 6.07) is 0. The van der Waals surface area contributed by atoms with Gasteiger partial charge in [0, 0.05) is 12.1 Å². The Morgan fingerprint density at radius 3 is 2.64 bits per heavy atom.